The van der Waals surface area contributed by atoms with E-state index >= 15 is 0 Å². The molecule has 0 radical (unpaired) electrons. The van der Waals surface area contributed by atoms with Crippen LogP contribution in [0.5, 0.6) is 0 Å². The number of nitrogens with one attached hydrogen (secondary N) is 1. The molecule has 0 saturated carbocycles. The molecular weight excluding hydrogens is 316 g/mol. The van der Waals surface area contributed by atoms with Crippen molar-refractivity contribution in [2.75, 3.05) is 0 Å². The van der Waals surface area contributed by atoms with Gasteiger partial charge in [-0.25, -0.2) is 0 Å². The van der Waals surface area contributed by atoms with E-state index in [2.05, 4.69) is 12.2 Å². The Morgan fingerprint density at radius 3 is 2.32 bits per heavy atom. The van der Waals surface area contributed by atoms with Gasteiger partial charge >= 0.3 is 0 Å². The molecule has 2 rings (SSSR count). The van der Waals surface area contributed by atoms with Gasteiger partial charge < -0.3 is 5.32 Å². The number of unbranched alkanes of at least 4 members (excludes halogenated alkanes) is 3. The molecule has 1 saturated heterocycles. The standard InChI is InChI=1S/C20H28N2O3/c1-3-4-5-6-7-15(2)21-20(25)17-10-8-16(9-11-17)14-22-18(23)12-13-19(22)24/h8-11,15H,3-7,12-14H2,1-2H3,(H,21,25). The molecule has 1 unspecified atom stereocenters. The SMILES string of the molecule is CCCCCCC(C)NC(=O)c1ccc(CN2C(=O)CCC2=O)cc1. The summed E-state index contributed by atoms with van der Waals surface area (Å²) in [7, 11) is 0. The van der Waals surface area contributed by atoms with Gasteiger partial charge in [-0.15, -0.1) is 0 Å². The summed E-state index contributed by atoms with van der Waals surface area (Å²) < 4.78 is 0. The summed E-state index contributed by atoms with van der Waals surface area (Å²) in [6, 6.07) is 7.27. The van der Waals surface area contributed by atoms with E-state index in [0.29, 0.717) is 18.4 Å². The normalized spacial score (nSPS) is 15.5. The molecule has 136 valence electrons. The Balaban J connectivity index is 1.83. The minimum Gasteiger partial charge on any atom is -0.350 e. The fourth-order valence-corrected chi connectivity index (χ4v) is 3.00. The minimum absolute atomic E-state index is 0.0807. The zero-order valence-corrected chi connectivity index (χ0v) is 15.2. The number of imide groups is 1. The quantitative estimate of drug-likeness (QED) is 0.551. The molecule has 0 aliphatic carbocycles. The van der Waals surface area contributed by atoms with Gasteiger partial charge in [-0.2, -0.15) is 0 Å². The van der Waals surface area contributed by atoms with Gasteiger partial charge in [0.05, 0.1) is 6.54 Å². The lowest BCUT2D eigenvalue weighted by atomic mass is 10.1. The molecule has 1 aliphatic heterocycles. The van der Waals surface area contributed by atoms with Crippen molar-refractivity contribution in [1.29, 1.82) is 0 Å². The molecule has 1 heterocycles. The molecule has 5 nitrogen and oxygen atoms in total. The Morgan fingerprint density at radius 1 is 1.08 bits per heavy atom. The molecule has 0 bridgehead atoms. The minimum atomic E-state index is -0.122. The average Bonchev–Trinajstić information content (AvgIpc) is 2.91. The summed E-state index contributed by atoms with van der Waals surface area (Å²) in [4.78, 5) is 36.9. The second-order valence-corrected chi connectivity index (χ2v) is 6.79. The van der Waals surface area contributed by atoms with E-state index in [-0.39, 0.29) is 30.3 Å². The van der Waals surface area contributed by atoms with Crippen LogP contribution in [-0.2, 0) is 16.1 Å². The van der Waals surface area contributed by atoms with Crippen LogP contribution in [0, 0.1) is 0 Å². The number of likely N-dealkylation sites (tertiary alicyclic amines) is 1. The smallest absolute Gasteiger partial charge is 0.251 e. The molecule has 1 atom stereocenters. The summed E-state index contributed by atoms with van der Waals surface area (Å²) in [5.74, 6) is -0.324. The second-order valence-electron chi connectivity index (χ2n) is 6.79. The molecule has 1 aromatic rings. The fraction of sp³-hybridized carbons (Fsp3) is 0.550. The first-order chi connectivity index (χ1) is 12.0. The van der Waals surface area contributed by atoms with Gasteiger partial charge in [-0.05, 0) is 31.0 Å². The largest absolute Gasteiger partial charge is 0.350 e. The highest BCUT2D eigenvalue weighted by atomic mass is 16.2. The van der Waals surface area contributed by atoms with Crippen LogP contribution in [0.3, 0.4) is 0 Å². The van der Waals surface area contributed by atoms with Crippen LogP contribution in [0.4, 0.5) is 0 Å². The number of rotatable bonds is 9. The van der Waals surface area contributed by atoms with Crippen LogP contribution in [0.2, 0.25) is 0 Å². The van der Waals surface area contributed by atoms with E-state index in [0.717, 1.165) is 18.4 Å². The van der Waals surface area contributed by atoms with Crippen molar-refractivity contribution in [3.05, 3.63) is 35.4 Å². The third-order valence-corrected chi connectivity index (χ3v) is 4.58. The molecule has 1 fully saturated rings. The molecule has 0 aromatic heterocycles. The summed E-state index contributed by atoms with van der Waals surface area (Å²) >= 11 is 0. The predicted molar refractivity (Wildman–Crippen MR) is 96.9 cm³/mol. The third-order valence-electron chi connectivity index (χ3n) is 4.58. The number of hydrogen-bond acceptors (Lipinski definition) is 3. The van der Waals surface area contributed by atoms with Gasteiger partial charge in [0.1, 0.15) is 0 Å². The average molecular weight is 344 g/mol. The van der Waals surface area contributed by atoms with E-state index < -0.39 is 0 Å². The van der Waals surface area contributed by atoms with Gasteiger partial charge in [0.25, 0.3) is 5.91 Å². The van der Waals surface area contributed by atoms with E-state index in [1.807, 2.05) is 6.92 Å². The van der Waals surface area contributed by atoms with Crippen LogP contribution < -0.4 is 5.32 Å². The highest BCUT2D eigenvalue weighted by Gasteiger charge is 2.28. The van der Waals surface area contributed by atoms with Crippen LogP contribution in [0.25, 0.3) is 0 Å². The fourth-order valence-electron chi connectivity index (χ4n) is 3.00. The molecule has 1 N–H and O–H groups in total. The molecule has 5 heteroatoms. The predicted octanol–water partition coefficient (Wildman–Crippen LogP) is 3.42. The van der Waals surface area contributed by atoms with Gasteiger partial charge in [0.2, 0.25) is 11.8 Å². The number of hydrogen-bond donors (Lipinski definition) is 1. The first kappa shape index (κ1) is 19.2. The molecule has 1 aliphatic rings. The van der Waals surface area contributed by atoms with E-state index in [4.69, 9.17) is 0 Å². The molecule has 25 heavy (non-hydrogen) atoms. The lowest BCUT2D eigenvalue weighted by molar-refractivity contribution is -0.139. The van der Waals surface area contributed by atoms with Crippen LogP contribution in [0.15, 0.2) is 24.3 Å². The Kier molecular flexibility index (Phi) is 7.16. The van der Waals surface area contributed by atoms with Gasteiger partial charge in [-0.1, -0.05) is 44.7 Å². The Morgan fingerprint density at radius 2 is 1.72 bits per heavy atom. The van der Waals surface area contributed by atoms with Crippen LogP contribution in [-0.4, -0.2) is 28.7 Å². The first-order valence-electron chi connectivity index (χ1n) is 9.24. The molecular formula is C20H28N2O3. The van der Waals surface area contributed by atoms with Crippen molar-refractivity contribution in [1.82, 2.24) is 10.2 Å². The Labute approximate surface area is 149 Å². The van der Waals surface area contributed by atoms with Crippen molar-refractivity contribution in [2.45, 2.75) is 71.4 Å². The maximum absolute atomic E-state index is 12.3. The highest BCUT2D eigenvalue weighted by Crippen LogP contribution is 2.16. The van der Waals surface area contributed by atoms with Crippen molar-refractivity contribution >= 4 is 17.7 Å². The summed E-state index contributed by atoms with van der Waals surface area (Å²) in [5.41, 5.74) is 1.45. The number of nitrogens with zero attached hydrogens (tertiary/aromatic N) is 1. The zero-order valence-electron chi connectivity index (χ0n) is 15.2. The number of carbonyl (C=O) groups is 3. The lowest BCUT2D eigenvalue weighted by Crippen LogP contribution is -2.32. The Hall–Kier alpha value is -2.17. The molecule has 0 spiro atoms. The maximum atomic E-state index is 12.3. The number of amides is 3. The van der Waals surface area contributed by atoms with Crippen LogP contribution >= 0.6 is 0 Å². The van der Waals surface area contributed by atoms with E-state index in [1.54, 1.807) is 24.3 Å². The van der Waals surface area contributed by atoms with E-state index in [9.17, 15) is 14.4 Å². The number of benzene rings is 1. The molecule has 3 amide bonds. The topological polar surface area (TPSA) is 66.5 Å². The molecule has 1 aromatic carbocycles. The van der Waals surface area contributed by atoms with Crippen molar-refractivity contribution in [3.8, 4) is 0 Å². The highest BCUT2D eigenvalue weighted by molar-refractivity contribution is 6.01. The van der Waals surface area contributed by atoms with Crippen molar-refractivity contribution in [3.63, 3.8) is 0 Å². The van der Waals surface area contributed by atoms with Crippen molar-refractivity contribution in [2.24, 2.45) is 0 Å². The van der Waals surface area contributed by atoms with Crippen molar-refractivity contribution < 1.29 is 14.4 Å². The maximum Gasteiger partial charge on any atom is 0.251 e. The lowest BCUT2D eigenvalue weighted by Gasteiger charge is -2.15. The first-order valence-corrected chi connectivity index (χ1v) is 9.24. The summed E-state index contributed by atoms with van der Waals surface area (Å²) in [6.45, 7) is 4.50. The summed E-state index contributed by atoms with van der Waals surface area (Å²) in [5, 5.41) is 3.02. The zero-order chi connectivity index (χ0) is 18.2. The van der Waals surface area contributed by atoms with Gasteiger partial charge in [0, 0.05) is 24.4 Å². The van der Waals surface area contributed by atoms with Crippen LogP contribution in [0.1, 0.15) is 74.7 Å². The van der Waals surface area contributed by atoms with E-state index in [1.165, 1.54) is 24.2 Å². The monoisotopic (exact) mass is 344 g/mol. The third kappa shape index (κ3) is 5.69. The Bertz CT molecular complexity index is 594. The van der Waals surface area contributed by atoms with Gasteiger partial charge in [-0.3, -0.25) is 19.3 Å². The van der Waals surface area contributed by atoms with Gasteiger partial charge in [0.15, 0.2) is 0 Å². The second kappa shape index (κ2) is 9.35. The summed E-state index contributed by atoms with van der Waals surface area (Å²) in [6.07, 6.45) is 6.38. The number of carbonyl (C=O) groups excluding carboxylic acids is 3.